The molecule has 5 heteroatoms. The second kappa shape index (κ2) is 6.57. The van der Waals surface area contributed by atoms with E-state index in [1.54, 1.807) is 18.6 Å². The number of hydrogen-bond donors (Lipinski definition) is 1. The Labute approximate surface area is 121 Å². The Morgan fingerprint density at radius 3 is 2.90 bits per heavy atom. The summed E-state index contributed by atoms with van der Waals surface area (Å²) in [5, 5.41) is 3.08. The van der Waals surface area contributed by atoms with Gasteiger partial charge in [0.1, 0.15) is 5.82 Å². The summed E-state index contributed by atoms with van der Waals surface area (Å²) in [5.74, 6) is -0.719. The number of nitrogens with one attached hydrogen (secondary N) is 1. The van der Waals surface area contributed by atoms with Gasteiger partial charge in [0.05, 0.1) is 18.9 Å². The van der Waals surface area contributed by atoms with Crippen molar-refractivity contribution in [3.8, 4) is 0 Å². The third-order valence-corrected chi connectivity index (χ3v) is 3.28. The molecule has 2 rings (SSSR count). The van der Waals surface area contributed by atoms with Crippen molar-refractivity contribution in [1.82, 2.24) is 5.32 Å². The van der Waals surface area contributed by atoms with Crippen LogP contribution in [-0.2, 0) is 17.6 Å². The summed E-state index contributed by atoms with van der Waals surface area (Å²) >= 11 is 5.89. The summed E-state index contributed by atoms with van der Waals surface area (Å²) in [4.78, 5) is 11.9. The molecule has 1 aromatic carbocycles. The van der Waals surface area contributed by atoms with Gasteiger partial charge in [-0.1, -0.05) is 17.7 Å². The van der Waals surface area contributed by atoms with Crippen LogP contribution in [0.1, 0.15) is 18.1 Å². The predicted molar refractivity (Wildman–Crippen MR) is 75.1 cm³/mol. The van der Waals surface area contributed by atoms with E-state index in [1.165, 1.54) is 12.1 Å². The van der Waals surface area contributed by atoms with E-state index in [9.17, 15) is 9.18 Å². The molecule has 1 aromatic heterocycles. The summed E-state index contributed by atoms with van der Waals surface area (Å²) < 4.78 is 18.5. The number of halogens is 2. The molecule has 1 amide bonds. The van der Waals surface area contributed by atoms with Crippen LogP contribution in [0.15, 0.2) is 41.2 Å². The van der Waals surface area contributed by atoms with Crippen LogP contribution in [-0.4, -0.2) is 11.9 Å². The molecule has 3 nitrogen and oxygen atoms in total. The normalized spacial score (nSPS) is 12.2. The van der Waals surface area contributed by atoms with Gasteiger partial charge in [-0.3, -0.25) is 4.79 Å². The molecular weight excluding hydrogens is 281 g/mol. The van der Waals surface area contributed by atoms with Crippen LogP contribution >= 0.6 is 11.6 Å². The van der Waals surface area contributed by atoms with Gasteiger partial charge in [0, 0.05) is 16.6 Å². The van der Waals surface area contributed by atoms with Crippen LogP contribution in [0.3, 0.4) is 0 Å². The fraction of sp³-hybridized carbons (Fsp3) is 0.267. The van der Waals surface area contributed by atoms with Crippen molar-refractivity contribution in [3.05, 3.63) is 58.8 Å². The van der Waals surface area contributed by atoms with E-state index in [0.29, 0.717) is 6.42 Å². The molecule has 1 atom stereocenters. The zero-order valence-corrected chi connectivity index (χ0v) is 11.8. The smallest absolute Gasteiger partial charge is 0.224 e. The third-order valence-electron chi connectivity index (χ3n) is 2.93. The number of carbonyl (C=O) groups excluding carboxylic acids is 1. The zero-order chi connectivity index (χ0) is 14.5. The molecule has 1 heterocycles. The molecule has 0 aliphatic heterocycles. The number of benzene rings is 1. The lowest BCUT2D eigenvalue weighted by Gasteiger charge is -2.13. The molecule has 0 aliphatic carbocycles. The van der Waals surface area contributed by atoms with Crippen molar-refractivity contribution >= 4 is 17.5 Å². The van der Waals surface area contributed by atoms with E-state index in [1.807, 2.05) is 13.0 Å². The van der Waals surface area contributed by atoms with Crippen molar-refractivity contribution in [2.24, 2.45) is 0 Å². The number of rotatable bonds is 5. The maximum absolute atomic E-state index is 13.6. The summed E-state index contributed by atoms with van der Waals surface area (Å²) in [6.07, 6.45) is 3.81. The standard InChI is InChI=1S/C15H15ClFNO2/c1-10(7-11-5-6-20-9-11)18-15(19)8-12-13(16)3-2-4-14(12)17/h2-6,9-10H,7-8H2,1H3,(H,18,19)/t10-/m1/s1. The minimum absolute atomic E-state index is 0.0642. The Hall–Kier alpha value is -1.81. The largest absolute Gasteiger partial charge is 0.472 e. The molecule has 0 radical (unpaired) electrons. The molecule has 0 saturated carbocycles. The minimum atomic E-state index is -0.463. The second-order valence-electron chi connectivity index (χ2n) is 4.68. The van der Waals surface area contributed by atoms with Gasteiger partial charge in [-0.25, -0.2) is 4.39 Å². The number of furan rings is 1. The lowest BCUT2D eigenvalue weighted by molar-refractivity contribution is -0.121. The summed E-state index contributed by atoms with van der Waals surface area (Å²) in [7, 11) is 0. The molecule has 0 bridgehead atoms. The molecule has 0 aliphatic rings. The van der Waals surface area contributed by atoms with Crippen molar-refractivity contribution in [2.45, 2.75) is 25.8 Å². The number of hydrogen-bond acceptors (Lipinski definition) is 2. The highest BCUT2D eigenvalue weighted by molar-refractivity contribution is 6.31. The van der Waals surface area contributed by atoms with Crippen LogP contribution in [0.2, 0.25) is 5.02 Å². The lowest BCUT2D eigenvalue weighted by atomic mass is 10.1. The maximum atomic E-state index is 13.6. The highest BCUT2D eigenvalue weighted by atomic mass is 35.5. The maximum Gasteiger partial charge on any atom is 0.224 e. The monoisotopic (exact) mass is 295 g/mol. The Bertz CT molecular complexity index is 563. The van der Waals surface area contributed by atoms with Crippen molar-refractivity contribution in [2.75, 3.05) is 0 Å². The molecule has 106 valence electrons. The van der Waals surface area contributed by atoms with Crippen LogP contribution in [0.25, 0.3) is 0 Å². The van der Waals surface area contributed by atoms with Crippen LogP contribution in [0.5, 0.6) is 0 Å². The number of carbonyl (C=O) groups is 1. The third kappa shape index (κ3) is 3.84. The molecule has 0 saturated heterocycles. The van der Waals surface area contributed by atoms with Crippen LogP contribution in [0.4, 0.5) is 4.39 Å². The Kier molecular flexibility index (Phi) is 4.79. The fourth-order valence-corrected chi connectivity index (χ4v) is 2.23. The first-order chi connectivity index (χ1) is 9.56. The topological polar surface area (TPSA) is 42.2 Å². The lowest BCUT2D eigenvalue weighted by Crippen LogP contribution is -2.35. The predicted octanol–water partition coefficient (Wildman–Crippen LogP) is 3.36. The molecular formula is C15H15ClFNO2. The van der Waals surface area contributed by atoms with Gasteiger partial charge >= 0.3 is 0 Å². The van der Waals surface area contributed by atoms with Gasteiger partial charge < -0.3 is 9.73 Å². The Morgan fingerprint density at radius 2 is 2.25 bits per heavy atom. The van der Waals surface area contributed by atoms with E-state index in [0.717, 1.165) is 5.56 Å². The first-order valence-electron chi connectivity index (χ1n) is 6.29. The van der Waals surface area contributed by atoms with Gasteiger partial charge in [0.2, 0.25) is 5.91 Å². The van der Waals surface area contributed by atoms with Gasteiger partial charge in [0.25, 0.3) is 0 Å². The quantitative estimate of drug-likeness (QED) is 0.919. The number of amides is 1. The average molecular weight is 296 g/mol. The van der Waals surface area contributed by atoms with Crippen LogP contribution in [0, 0.1) is 5.82 Å². The van der Waals surface area contributed by atoms with Crippen molar-refractivity contribution in [1.29, 1.82) is 0 Å². The minimum Gasteiger partial charge on any atom is -0.472 e. The summed E-state index contributed by atoms with van der Waals surface area (Å²) in [6.45, 7) is 1.88. The van der Waals surface area contributed by atoms with Crippen molar-refractivity contribution in [3.63, 3.8) is 0 Å². The van der Waals surface area contributed by atoms with E-state index in [-0.39, 0.29) is 29.0 Å². The van der Waals surface area contributed by atoms with E-state index in [4.69, 9.17) is 16.0 Å². The van der Waals surface area contributed by atoms with E-state index < -0.39 is 5.82 Å². The van der Waals surface area contributed by atoms with Gasteiger partial charge in [0.15, 0.2) is 0 Å². The highest BCUT2D eigenvalue weighted by Gasteiger charge is 2.14. The summed E-state index contributed by atoms with van der Waals surface area (Å²) in [6, 6.07) is 6.16. The van der Waals surface area contributed by atoms with Gasteiger partial charge in [-0.05, 0) is 37.1 Å². The van der Waals surface area contributed by atoms with Gasteiger partial charge in [-0.2, -0.15) is 0 Å². The molecule has 0 unspecified atom stereocenters. The molecule has 20 heavy (non-hydrogen) atoms. The first kappa shape index (κ1) is 14.6. The SMILES string of the molecule is C[C@H](Cc1ccoc1)NC(=O)Cc1c(F)cccc1Cl. The Morgan fingerprint density at radius 1 is 1.45 bits per heavy atom. The first-order valence-corrected chi connectivity index (χ1v) is 6.67. The van der Waals surface area contributed by atoms with Crippen molar-refractivity contribution < 1.29 is 13.6 Å². The summed E-state index contributed by atoms with van der Waals surface area (Å²) in [5.41, 5.74) is 1.23. The van der Waals surface area contributed by atoms with Crippen LogP contribution < -0.4 is 5.32 Å². The molecule has 1 N–H and O–H groups in total. The van der Waals surface area contributed by atoms with Gasteiger partial charge in [-0.15, -0.1) is 0 Å². The molecule has 2 aromatic rings. The van der Waals surface area contributed by atoms with E-state index in [2.05, 4.69) is 5.32 Å². The molecule has 0 spiro atoms. The highest BCUT2D eigenvalue weighted by Crippen LogP contribution is 2.19. The zero-order valence-electron chi connectivity index (χ0n) is 11.0. The average Bonchev–Trinajstić information content (AvgIpc) is 2.86. The Balaban J connectivity index is 1.92. The fourth-order valence-electron chi connectivity index (χ4n) is 2.00. The molecule has 0 fully saturated rings. The second-order valence-corrected chi connectivity index (χ2v) is 5.09. The van der Waals surface area contributed by atoms with E-state index >= 15 is 0 Å².